The van der Waals surface area contributed by atoms with Gasteiger partial charge >= 0.3 is 0 Å². The number of aliphatic hydroxyl groups excluding tert-OH is 1. The summed E-state index contributed by atoms with van der Waals surface area (Å²) in [6.45, 7) is 2.42. The summed E-state index contributed by atoms with van der Waals surface area (Å²) in [5, 5.41) is 14.3. The zero-order chi connectivity index (χ0) is 16.7. The minimum atomic E-state index is 0.279. The van der Waals surface area contributed by atoms with Crippen molar-refractivity contribution in [1.29, 1.82) is 0 Å². The summed E-state index contributed by atoms with van der Waals surface area (Å²) in [5.41, 5.74) is 3.30. The zero-order valence-electron chi connectivity index (χ0n) is 14.4. The predicted molar refractivity (Wildman–Crippen MR) is 93.1 cm³/mol. The van der Waals surface area contributed by atoms with Crippen LogP contribution in [0, 0.1) is 5.92 Å². The van der Waals surface area contributed by atoms with E-state index in [-0.39, 0.29) is 6.61 Å². The molecule has 0 saturated carbocycles. The Kier molecular flexibility index (Phi) is 4.06. The molecule has 1 N–H and O–H groups in total. The highest BCUT2D eigenvalue weighted by Crippen LogP contribution is 2.42. The summed E-state index contributed by atoms with van der Waals surface area (Å²) in [7, 11) is 3.74. The predicted octanol–water partition coefficient (Wildman–Crippen LogP) is 2.27. The molecule has 2 aromatic rings. The first-order valence-electron chi connectivity index (χ1n) is 8.73. The van der Waals surface area contributed by atoms with Gasteiger partial charge in [-0.15, -0.1) is 0 Å². The molecule has 1 aromatic heterocycles. The molecule has 3 aliphatic heterocycles. The van der Waals surface area contributed by atoms with Crippen LogP contribution in [0.3, 0.4) is 0 Å². The van der Waals surface area contributed by atoms with E-state index in [4.69, 9.17) is 9.84 Å². The molecule has 2 bridgehead atoms. The Labute approximate surface area is 142 Å². The van der Waals surface area contributed by atoms with Crippen LogP contribution >= 0.6 is 0 Å². The van der Waals surface area contributed by atoms with Crippen molar-refractivity contribution >= 4 is 0 Å². The van der Waals surface area contributed by atoms with Gasteiger partial charge in [0.1, 0.15) is 5.75 Å². The Morgan fingerprint density at radius 3 is 2.88 bits per heavy atom. The number of benzene rings is 1. The molecule has 4 heterocycles. The van der Waals surface area contributed by atoms with E-state index in [1.807, 2.05) is 29.9 Å². The lowest BCUT2D eigenvalue weighted by Crippen LogP contribution is -2.53. The number of hydrogen-bond acceptors (Lipinski definition) is 4. The van der Waals surface area contributed by atoms with Crippen LogP contribution in [0.25, 0.3) is 11.3 Å². The SMILES string of the molecule is COc1ccccc1-c1cc(C2CN3CCC2CC3CO)n(C)n1. The van der Waals surface area contributed by atoms with Crippen LogP contribution in [-0.2, 0) is 7.05 Å². The van der Waals surface area contributed by atoms with Crippen molar-refractivity contribution in [3.8, 4) is 17.0 Å². The zero-order valence-corrected chi connectivity index (χ0v) is 14.4. The van der Waals surface area contributed by atoms with Gasteiger partial charge in [0.05, 0.1) is 19.4 Å². The van der Waals surface area contributed by atoms with Crippen molar-refractivity contribution < 1.29 is 9.84 Å². The van der Waals surface area contributed by atoms with Crippen LogP contribution in [0.2, 0.25) is 0 Å². The standard InChI is InChI=1S/C19H25N3O2/c1-21-18(16-11-22-8-7-13(16)9-14(22)12-23)10-17(20-21)15-5-3-4-6-19(15)24-2/h3-6,10,13-14,16,23H,7-9,11-12H2,1-2H3. The lowest BCUT2D eigenvalue weighted by atomic mass is 9.74. The number of aliphatic hydroxyl groups is 1. The average Bonchev–Trinajstić information content (AvgIpc) is 3.03. The number of methoxy groups -OCH3 is 1. The highest BCUT2D eigenvalue weighted by molar-refractivity contribution is 5.67. The number of ether oxygens (including phenoxy) is 1. The molecular formula is C19H25N3O2. The fraction of sp³-hybridized carbons (Fsp3) is 0.526. The minimum absolute atomic E-state index is 0.279. The molecule has 5 heteroatoms. The topological polar surface area (TPSA) is 50.5 Å². The molecule has 24 heavy (non-hydrogen) atoms. The van der Waals surface area contributed by atoms with Crippen molar-refractivity contribution in [3.05, 3.63) is 36.0 Å². The summed E-state index contributed by atoms with van der Waals surface area (Å²) < 4.78 is 7.52. The fourth-order valence-corrected chi connectivity index (χ4v) is 4.48. The smallest absolute Gasteiger partial charge is 0.128 e. The second-order valence-corrected chi connectivity index (χ2v) is 7.00. The van der Waals surface area contributed by atoms with Gasteiger partial charge in [0.15, 0.2) is 0 Å². The van der Waals surface area contributed by atoms with E-state index in [0.29, 0.717) is 17.9 Å². The third-order valence-electron chi connectivity index (χ3n) is 5.77. The monoisotopic (exact) mass is 327 g/mol. The molecule has 3 saturated heterocycles. The van der Waals surface area contributed by atoms with Crippen molar-refractivity contribution in [2.75, 3.05) is 26.8 Å². The highest BCUT2D eigenvalue weighted by atomic mass is 16.5. The Bertz CT molecular complexity index is 727. The van der Waals surface area contributed by atoms with Crippen LogP contribution in [0.5, 0.6) is 5.75 Å². The van der Waals surface area contributed by atoms with Crippen LogP contribution in [0.1, 0.15) is 24.5 Å². The van der Waals surface area contributed by atoms with E-state index >= 15 is 0 Å². The summed E-state index contributed by atoms with van der Waals surface area (Å²) in [6.07, 6.45) is 2.31. The van der Waals surface area contributed by atoms with Crippen LogP contribution < -0.4 is 4.74 Å². The maximum atomic E-state index is 9.56. The Morgan fingerprint density at radius 1 is 1.33 bits per heavy atom. The van der Waals surface area contributed by atoms with Gasteiger partial charge in [-0.2, -0.15) is 5.10 Å². The number of rotatable bonds is 4. The van der Waals surface area contributed by atoms with Crippen molar-refractivity contribution in [3.63, 3.8) is 0 Å². The molecule has 3 fully saturated rings. The van der Waals surface area contributed by atoms with Gasteiger partial charge in [-0.25, -0.2) is 0 Å². The summed E-state index contributed by atoms with van der Waals surface area (Å²) in [6, 6.07) is 10.6. The Hall–Kier alpha value is -1.85. The number of aryl methyl sites for hydroxylation is 1. The largest absolute Gasteiger partial charge is 0.496 e. The molecule has 3 aliphatic rings. The Balaban J connectivity index is 1.65. The van der Waals surface area contributed by atoms with Crippen molar-refractivity contribution in [2.24, 2.45) is 13.0 Å². The lowest BCUT2D eigenvalue weighted by Gasteiger charge is -2.49. The number of fused-ring (bicyclic) bond motifs is 3. The molecule has 0 spiro atoms. The molecule has 0 radical (unpaired) electrons. The molecule has 4 unspecified atom stereocenters. The molecule has 1 aromatic carbocycles. The second-order valence-electron chi connectivity index (χ2n) is 7.00. The van der Waals surface area contributed by atoms with Crippen molar-refractivity contribution in [1.82, 2.24) is 14.7 Å². The van der Waals surface area contributed by atoms with Gasteiger partial charge in [0, 0.05) is 36.8 Å². The van der Waals surface area contributed by atoms with Gasteiger partial charge in [0.25, 0.3) is 0 Å². The van der Waals surface area contributed by atoms with E-state index < -0.39 is 0 Å². The molecule has 5 rings (SSSR count). The minimum Gasteiger partial charge on any atom is -0.496 e. The first-order chi connectivity index (χ1) is 11.7. The number of aromatic nitrogens is 2. The van der Waals surface area contributed by atoms with E-state index in [1.165, 1.54) is 12.1 Å². The number of piperidine rings is 3. The Morgan fingerprint density at radius 2 is 2.17 bits per heavy atom. The number of nitrogens with zero attached hydrogens (tertiary/aromatic N) is 3. The lowest BCUT2D eigenvalue weighted by molar-refractivity contribution is 0.00105. The van der Waals surface area contributed by atoms with E-state index in [1.54, 1.807) is 7.11 Å². The third kappa shape index (κ3) is 2.52. The van der Waals surface area contributed by atoms with Gasteiger partial charge in [-0.05, 0) is 43.5 Å². The summed E-state index contributed by atoms with van der Waals surface area (Å²) in [5.74, 6) is 2.01. The highest BCUT2D eigenvalue weighted by Gasteiger charge is 2.41. The summed E-state index contributed by atoms with van der Waals surface area (Å²) in [4.78, 5) is 2.44. The second kappa shape index (κ2) is 6.22. The normalized spacial score (nSPS) is 29.0. The van der Waals surface area contributed by atoms with Gasteiger partial charge < -0.3 is 9.84 Å². The van der Waals surface area contributed by atoms with Gasteiger partial charge in [0.2, 0.25) is 0 Å². The van der Waals surface area contributed by atoms with Gasteiger partial charge in [-0.3, -0.25) is 9.58 Å². The molecule has 5 nitrogen and oxygen atoms in total. The summed E-state index contributed by atoms with van der Waals surface area (Å²) >= 11 is 0. The third-order valence-corrected chi connectivity index (χ3v) is 5.77. The van der Waals surface area contributed by atoms with Crippen LogP contribution in [0.4, 0.5) is 0 Å². The van der Waals surface area contributed by atoms with E-state index in [9.17, 15) is 5.11 Å². The molecule has 0 aliphatic carbocycles. The molecular weight excluding hydrogens is 302 g/mol. The maximum Gasteiger partial charge on any atom is 0.128 e. The average molecular weight is 327 g/mol. The molecule has 0 amide bonds. The fourth-order valence-electron chi connectivity index (χ4n) is 4.48. The van der Waals surface area contributed by atoms with E-state index in [0.717, 1.165) is 36.5 Å². The maximum absolute atomic E-state index is 9.56. The van der Waals surface area contributed by atoms with Crippen LogP contribution in [0.15, 0.2) is 30.3 Å². The van der Waals surface area contributed by atoms with Crippen molar-refractivity contribution in [2.45, 2.75) is 24.8 Å². The van der Waals surface area contributed by atoms with Crippen LogP contribution in [-0.4, -0.2) is 52.6 Å². The number of para-hydroxylation sites is 1. The molecule has 128 valence electrons. The first-order valence-corrected chi connectivity index (χ1v) is 8.73. The van der Waals surface area contributed by atoms with E-state index in [2.05, 4.69) is 17.0 Å². The number of hydrogen-bond donors (Lipinski definition) is 1. The molecule has 4 atom stereocenters. The van der Waals surface area contributed by atoms with Gasteiger partial charge in [-0.1, -0.05) is 12.1 Å². The quantitative estimate of drug-likeness (QED) is 0.936. The first kappa shape index (κ1) is 15.7.